The Morgan fingerprint density at radius 1 is 1.36 bits per heavy atom. The first-order chi connectivity index (χ1) is 12.1. The third kappa shape index (κ3) is 4.11. The zero-order valence-electron chi connectivity index (χ0n) is 14.4. The fourth-order valence-corrected chi connectivity index (χ4v) is 3.73. The molecule has 1 saturated carbocycles. The summed E-state index contributed by atoms with van der Waals surface area (Å²) in [6.45, 7) is 2.92. The van der Waals surface area contributed by atoms with E-state index in [1.54, 1.807) is 0 Å². The lowest BCUT2D eigenvalue weighted by atomic mass is 9.86. The number of carbonyl (C=O) groups excluding carboxylic acids is 1. The molecule has 7 heteroatoms. The van der Waals surface area contributed by atoms with Gasteiger partial charge in [-0.3, -0.25) is 9.69 Å². The van der Waals surface area contributed by atoms with E-state index in [0.717, 1.165) is 32.0 Å². The maximum absolute atomic E-state index is 13.5. The fourth-order valence-electron chi connectivity index (χ4n) is 3.73. The van der Waals surface area contributed by atoms with E-state index in [0.29, 0.717) is 25.4 Å². The number of carbonyl (C=O) groups is 1. The highest BCUT2D eigenvalue weighted by atomic mass is 19.1. The van der Waals surface area contributed by atoms with Crippen molar-refractivity contribution >= 4 is 5.91 Å². The standard InChI is InChI=1S/C18H25FN2O4/c1-24-16-6-5-12(19)11-13(16)18(23)20-14-3-2-4-15(17(14)22)21-7-9-25-10-8-21/h5-6,11,14-15,17,22H,2-4,7-10H2,1H3,(H,20,23)/t14-,15-,17-/m1/s1. The summed E-state index contributed by atoms with van der Waals surface area (Å²) in [6, 6.07) is 3.49. The Balaban J connectivity index is 1.69. The molecule has 3 atom stereocenters. The van der Waals surface area contributed by atoms with Crippen molar-refractivity contribution in [3.05, 3.63) is 29.6 Å². The second-order valence-corrected chi connectivity index (χ2v) is 6.56. The van der Waals surface area contributed by atoms with E-state index >= 15 is 0 Å². The van der Waals surface area contributed by atoms with Crippen molar-refractivity contribution in [2.75, 3.05) is 33.4 Å². The van der Waals surface area contributed by atoms with Crippen molar-refractivity contribution < 1.29 is 23.8 Å². The summed E-state index contributed by atoms with van der Waals surface area (Å²) in [5.41, 5.74) is 0.142. The number of aliphatic hydroxyl groups excluding tert-OH is 1. The van der Waals surface area contributed by atoms with Crippen molar-refractivity contribution in [3.8, 4) is 5.75 Å². The van der Waals surface area contributed by atoms with Crippen LogP contribution in [0.15, 0.2) is 18.2 Å². The summed E-state index contributed by atoms with van der Waals surface area (Å²) < 4.78 is 24.0. The first kappa shape index (κ1) is 18.1. The largest absolute Gasteiger partial charge is 0.496 e. The lowest BCUT2D eigenvalue weighted by Crippen LogP contribution is -2.58. The number of benzene rings is 1. The Hall–Kier alpha value is -1.70. The van der Waals surface area contributed by atoms with Gasteiger partial charge in [0.15, 0.2) is 0 Å². The average molecular weight is 352 g/mol. The van der Waals surface area contributed by atoms with Crippen LogP contribution in [0.25, 0.3) is 0 Å². The second kappa shape index (κ2) is 8.12. The molecule has 1 amide bonds. The predicted octanol–water partition coefficient (Wildman–Crippen LogP) is 1.18. The van der Waals surface area contributed by atoms with E-state index in [-0.39, 0.29) is 17.6 Å². The van der Waals surface area contributed by atoms with Gasteiger partial charge in [-0.15, -0.1) is 0 Å². The van der Waals surface area contributed by atoms with E-state index < -0.39 is 17.8 Å². The highest BCUT2D eigenvalue weighted by Gasteiger charge is 2.37. The summed E-state index contributed by atoms with van der Waals surface area (Å²) in [7, 11) is 1.44. The Morgan fingerprint density at radius 2 is 2.12 bits per heavy atom. The molecule has 3 rings (SSSR count). The topological polar surface area (TPSA) is 71.0 Å². The number of hydrogen-bond acceptors (Lipinski definition) is 5. The minimum absolute atomic E-state index is 0.0114. The smallest absolute Gasteiger partial charge is 0.255 e. The number of halogens is 1. The fraction of sp³-hybridized carbons (Fsp3) is 0.611. The molecule has 1 aliphatic heterocycles. The van der Waals surface area contributed by atoms with Gasteiger partial charge in [0.25, 0.3) is 5.91 Å². The van der Waals surface area contributed by atoms with Gasteiger partial charge in [0.1, 0.15) is 11.6 Å². The van der Waals surface area contributed by atoms with E-state index in [1.807, 2.05) is 0 Å². The molecule has 6 nitrogen and oxygen atoms in total. The monoisotopic (exact) mass is 352 g/mol. The van der Waals surface area contributed by atoms with Crippen LogP contribution in [0, 0.1) is 5.82 Å². The van der Waals surface area contributed by atoms with E-state index in [2.05, 4.69) is 10.2 Å². The van der Waals surface area contributed by atoms with Crippen LogP contribution < -0.4 is 10.1 Å². The number of morpholine rings is 1. The second-order valence-electron chi connectivity index (χ2n) is 6.56. The van der Waals surface area contributed by atoms with Crippen LogP contribution in [0.3, 0.4) is 0 Å². The number of methoxy groups -OCH3 is 1. The number of amides is 1. The summed E-state index contributed by atoms with van der Waals surface area (Å²) in [5.74, 6) is -0.613. The molecule has 0 unspecified atom stereocenters. The van der Waals surface area contributed by atoms with Crippen molar-refractivity contribution in [1.29, 1.82) is 0 Å². The molecular weight excluding hydrogens is 327 g/mol. The predicted molar refractivity (Wildman–Crippen MR) is 90.2 cm³/mol. The lowest BCUT2D eigenvalue weighted by Gasteiger charge is -2.43. The zero-order chi connectivity index (χ0) is 17.8. The molecule has 0 spiro atoms. The van der Waals surface area contributed by atoms with E-state index in [1.165, 1.54) is 19.2 Å². The molecule has 0 bridgehead atoms. The Labute approximate surface area is 146 Å². The van der Waals surface area contributed by atoms with Gasteiger partial charge in [-0.25, -0.2) is 4.39 Å². The van der Waals surface area contributed by atoms with Crippen LogP contribution in [0.2, 0.25) is 0 Å². The number of nitrogens with zero attached hydrogens (tertiary/aromatic N) is 1. The van der Waals surface area contributed by atoms with Crippen LogP contribution >= 0.6 is 0 Å². The van der Waals surface area contributed by atoms with E-state index in [9.17, 15) is 14.3 Å². The molecule has 138 valence electrons. The van der Waals surface area contributed by atoms with Crippen molar-refractivity contribution in [2.24, 2.45) is 0 Å². The molecule has 0 aromatic heterocycles. The summed E-state index contributed by atoms with van der Waals surface area (Å²) in [5, 5.41) is 13.6. The molecule has 2 aliphatic rings. The molecule has 1 aliphatic carbocycles. The van der Waals surface area contributed by atoms with Crippen LogP contribution in [-0.2, 0) is 4.74 Å². The molecule has 1 aromatic rings. The van der Waals surface area contributed by atoms with E-state index in [4.69, 9.17) is 9.47 Å². The van der Waals surface area contributed by atoms with Gasteiger partial charge in [0.2, 0.25) is 0 Å². The summed E-state index contributed by atoms with van der Waals surface area (Å²) in [6.07, 6.45) is 1.86. The van der Waals surface area contributed by atoms with Crippen molar-refractivity contribution in [1.82, 2.24) is 10.2 Å². The Bertz CT molecular complexity index is 607. The highest BCUT2D eigenvalue weighted by molar-refractivity contribution is 5.97. The number of rotatable bonds is 4. The van der Waals surface area contributed by atoms with Gasteiger partial charge in [0, 0.05) is 19.1 Å². The maximum Gasteiger partial charge on any atom is 0.255 e. The van der Waals surface area contributed by atoms with Crippen LogP contribution in [-0.4, -0.2) is 67.5 Å². The molecule has 2 fully saturated rings. The molecule has 25 heavy (non-hydrogen) atoms. The highest BCUT2D eigenvalue weighted by Crippen LogP contribution is 2.26. The summed E-state index contributed by atoms with van der Waals surface area (Å²) >= 11 is 0. The third-order valence-corrected chi connectivity index (χ3v) is 5.06. The van der Waals surface area contributed by atoms with Gasteiger partial charge in [-0.1, -0.05) is 0 Å². The maximum atomic E-state index is 13.5. The minimum atomic E-state index is -0.657. The van der Waals surface area contributed by atoms with Gasteiger partial charge < -0.3 is 19.9 Å². The third-order valence-electron chi connectivity index (χ3n) is 5.06. The van der Waals surface area contributed by atoms with Gasteiger partial charge >= 0.3 is 0 Å². The normalized spacial score (nSPS) is 27.7. The van der Waals surface area contributed by atoms with Crippen LogP contribution in [0.1, 0.15) is 29.6 Å². The van der Waals surface area contributed by atoms with Gasteiger partial charge in [-0.2, -0.15) is 0 Å². The Morgan fingerprint density at radius 3 is 2.84 bits per heavy atom. The Kier molecular flexibility index (Phi) is 5.88. The van der Waals surface area contributed by atoms with Gasteiger partial charge in [-0.05, 0) is 37.5 Å². The first-order valence-electron chi connectivity index (χ1n) is 8.74. The van der Waals surface area contributed by atoms with Crippen molar-refractivity contribution in [3.63, 3.8) is 0 Å². The number of ether oxygens (including phenoxy) is 2. The average Bonchev–Trinajstić information content (AvgIpc) is 2.64. The summed E-state index contributed by atoms with van der Waals surface area (Å²) in [4.78, 5) is 14.8. The molecule has 1 heterocycles. The first-order valence-corrected chi connectivity index (χ1v) is 8.74. The molecule has 1 aromatic carbocycles. The minimum Gasteiger partial charge on any atom is -0.496 e. The molecule has 1 saturated heterocycles. The van der Waals surface area contributed by atoms with Crippen LogP contribution in [0.5, 0.6) is 5.75 Å². The lowest BCUT2D eigenvalue weighted by molar-refractivity contribution is -0.0459. The number of aliphatic hydroxyl groups is 1. The van der Waals surface area contributed by atoms with Crippen LogP contribution in [0.4, 0.5) is 4.39 Å². The molecular formula is C18H25FN2O4. The molecule has 0 radical (unpaired) electrons. The number of hydrogen-bond donors (Lipinski definition) is 2. The zero-order valence-corrected chi connectivity index (χ0v) is 14.4. The van der Waals surface area contributed by atoms with Crippen molar-refractivity contribution in [2.45, 2.75) is 37.5 Å². The van der Waals surface area contributed by atoms with Gasteiger partial charge in [0.05, 0.1) is 38.0 Å². The quantitative estimate of drug-likeness (QED) is 0.851. The molecule has 2 N–H and O–H groups in total. The number of nitrogens with one attached hydrogen (secondary N) is 1. The SMILES string of the molecule is COc1ccc(F)cc1C(=O)N[C@@H]1CCC[C@@H](N2CCOCC2)[C@@H]1O.